The number of Topliss-reactive ketones (excluding diaryl/α,β-unsaturated/α-hetero) is 1. The fourth-order valence-corrected chi connectivity index (χ4v) is 3.90. The molecule has 8 nitrogen and oxygen atoms in total. The zero-order valence-electron chi connectivity index (χ0n) is 18.2. The van der Waals surface area contributed by atoms with Crippen LogP contribution in [0.1, 0.15) is 39.5 Å². The maximum absolute atomic E-state index is 12.5. The minimum atomic E-state index is -3.96. The van der Waals surface area contributed by atoms with Gasteiger partial charge in [0, 0.05) is 18.2 Å². The van der Waals surface area contributed by atoms with Gasteiger partial charge in [0.25, 0.3) is 0 Å². The average Bonchev–Trinajstić information content (AvgIpc) is 2.71. The Morgan fingerprint density at radius 1 is 0.935 bits per heavy atom. The second-order valence-corrected chi connectivity index (χ2v) is 9.00. The molecule has 0 aliphatic carbocycles. The van der Waals surface area contributed by atoms with E-state index in [9.17, 15) is 22.8 Å². The zero-order chi connectivity index (χ0) is 23.3. The molecule has 9 heteroatoms. The van der Waals surface area contributed by atoms with Gasteiger partial charge in [0.15, 0.2) is 6.61 Å². The maximum atomic E-state index is 12.5. The van der Waals surface area contributed by atoms with Gasteiger partial charge < -0.3 is 10.1 Å². The molecule has 0 aromatic heterocycles. The third-order valence-electron chi connectivity index (χ3n) is 5.04. The number of carbonyl (C=O) groups excluding carboxylic acids is 3. The molecule has 0 radical (unpaired) electrons. The molecule has 0 saturated carbocycles. The van der Waals surface area contributed by atoms with Gasteiger partial charge in [0.2, 0.25) is 21.7 Å². The number of rotatable bonds is 8. The van der Waals surface area contributed by atoms with Gasteiger partial charge in [-0.2, -0.15) is 4.72 Å². The summed E-state index contributed by atoms with van der Waals surface area (Å²) < 4.78 is 31.7. The fourth-order valence-electron chi connectivity index (χ4n) is 2.93. The van der Waals surface area contributed by atoms with Crippen molar-refractivity contribution in [1.82, 2.24) is 4.72 Å². The molecule has 0 aliphatic heterocycles. The summed E-state index contributed by atoms with van der Waals surface area (Å²) in [7, 11) is -3.96. The van der Waals surface area contributed by atoms with E-state index in [1.54, 1.807) is 6.07 Å². The number of amides is 1. The van der Waals surface area contributed by atoms with Crippen LogP contribution >= 0.6 is 0 Å². The standard InChI is InChI=1S/C22H26N2O6S/c1-13-10-20(16(4)15(3)14(13)2)21(26)12-30-22(27)11-23-31(28,29)19-8-6-18(7-9-19)24-17(5)25/h6-10,23H,11-12H2,1-5H3,(H,24,25). The lowest BCUT2D eigenvalue weighted by Gasteiger charge is -2.13. The number of anilines is 1. The predicted octanol–water partition coefficient (Wildman–Crippen LogP) is 2.58. The molecule has 0 spiro atoms. The summed E-state index contributed by atoms with van der Waals surface area (Å²) in [6.07, 6.45) is 0. The van der Waals surface area contributed by atoms with Gasteiger partial charge in [-0.3, -0.25) is 14.4 Å². The largest absolute Gasteiger partial charge is 0.456 e. The van der Waals surface area contributed by atoms with Gasteiger partial charge in [-0.05, 0) is 80.3 Å². The molecule has 2 N–H and O–H groups in total. The van der Waals surface area contributed by atoms with E-state index in [-0.39, 0.29) is 16.6 Å². The van der Waals surface area contributed by atoms with Crippen LogP contribution in [0.25, 0.3) is 0 Å². The van der Waals surface area contributed by atoms with E-state index in [0.717, 1.165) is 22.3 Å². The molecule has 0 aliphatic rings. The Morgan fingerprint density at radius 2 is 1.55 bits per heavy atom. The number of hydrogen-bond acceptors (Lipinski definition) is 6. The van der Waals surface area contributed by atoms with Crippen LogP contribution in [0.4, 0.5) is 5.69 Å². The van der Waals surface area contributed by atoms with Crippen LogP contribution in [-0.4, -0.2) is 39.2 Å². The Hall–Kier alpha value is -3.04. The summed E-state index contributed by atoms with van der Waals surface area (Å²) >= 11 is 0. The Kier molecular flexibility index (Phi) is 7.70. The molecule has 0 bridgehead atoms. The first-order chi connectivity index (χ1) is 14.4. The Labute approximate surface area is 182 Å². The van der Waals surface area contributed by atoms with E-state index in [2.05, 4.69) is 10.0 Å². The molecule has 2 rings (SSSR count). The molecular weight excluding hydrogens is 420 g/mol. The van der Waals surface area contributed by atoms with Crippen LogP contribution in [-0.2, 0) is 24.3 Å². The fraction of sp³-hybridized carbons (Fsp3) is 0.318. The highest BCUT2D eigenvalue weighted by Gasteiger charge is 2.18. The Bertz CT molecular complexity index is 1120. The molecular formula is C22H26N2O6S. The summed E-state index contributed by atoms with van der Waals surface area (Å²) in [4.78, 5) is 35.4. The van der Waals surface area contributed by atoms with Crippen LogP contribution in [0, 0.1) is 27.7 Å². The minimum Gasteiger partial charge on any atom is -0.456 e. The monoisotopic (exact) mass is 446 g/mol. The summed E-state index contributed by atoms with van der Waals surface area (Å²) in [5.41, 5.74) is 4.83. The summed E-state index contributed by atoms with van der Waals surface area (Å²) in [5.74, 6) is -1.50. The molecule has 1 amide bonds. The minimum absolute atomic E-state index is 0.0771. The lowest BCUT2D eigenvalue weighted by atomic mass is 9.93. The first-order valence-corrected chi connectivity index (χ1v) is 11.0. The zero-order valence-corrected chi connectivity index (χ0v) is 19.0. The predicted molar refractivity (Wildman–Crippen MR) is 117 cm³/mol. The van der Waals surface area contributed by atoms with Crippen molar-refractivity contribution in [2.75, 3.05) is 18.5 Å². The highest BCUT2D eigenvalue weighted by Crippen LogP contribution is 2.21. The topological polar surface area (TPSA) is 119 Å². The lowest BCUT2D eigenvalue weighted by Crippen LogP contribution is -2.31. The lowest BCUT2D eigenvalue weighted by molar-refractivity contribution is -0.141. The van der Waals surface area contributed by atoms with E-state index in [1.807, 2.05) is 27.7 Å². The molecule has 0 saturated heterocycles. The van der Waals surface area contributed by atoms with Crippen molar-refractivity contribution >= 4 is 33.4 Å². The van der Waals surface area contributed by atoms with E-state index in [1.165, 1.54) is 31.2 Å². The second kappa shape index (κ2) is 9.84. The van der Waals surface area contributed by atoms with Crippen molar-refractivity contribution in [1.29, 1.82) is 0 Å². The molecule has 0 unspecified atom stereocenters. The van der Waals surface area contributed by atoms with Gasteiger partial charge in [-0.25, -0.2) is 8.42 Å². The van der Waals surface area contributed by atoms with E-state index in [0.29, 0.717) is 11.3 Å². The van der Waals surface area contributed by atoms with Crippen molar-refractivity contribution < 1.29 is 27.5 Å². The van der Waals surface area contributed by atoms with E-state index >= 15 is 0 Å². The molecule has 0 heterocycles. The average molecular weight is 447 g/mol. The number of carbonyl (C=O) groups is 3. The first-order valence-electron chi connectivity index (χ1n) is 9.56. The first kappa shape index (κ1) is 24.2. The summed E-state index contributed by atoms with van der Waals surface area (Å²) in [6, 6.07) is 7.23. The van der Waals surface area contributed by atoms with Crippen molar-refractivity contribution in [3.05, 3.63) is 58.1 Å². The smallest absolute Gasteiger partial charge is 0.321 e. The van der Waals surface area contributed by atoms with Crippen molar-refractivity contribution in [3.63, 3.8) is 0 Å². The quantitative estimate of drug-likeness (QED) is 0.475. The molecule has 166 valence electrons. The third-order valence-corrected chi connectivity index (χ3v) is 6.45. The number of ketones is 1. The Balaban J connectivity index is 1.94. The normalized spacial score (nSPS) is 11.1. The molecule has 0 fully saturated rings. The van der Waals surface area contributed by atoms with Crippen molar-refractivity contribution in [3.8, 4) is 0 Å². The van der Waals surface area contributed by atoms with Gasteiger partial charge in [-0.1, -0.05) is 0 Å². The number of aryl methyl sites for hydroxylation is 1. The molecule has 31 heavy (non-hydrogen) atoms. The van der Waals surface area contributed by atoms with Crippen molar-refractivity contribution in [2.24, 2.45) is 0 Å². The second-order valence-electron chi connectivity index (χ2n) is 7.23. The molecule has 2 aromatic rings. The number of nitrogens with one attached hydrogen (secondary N) is 2. The van der Waals surface area contributed by atoms with Crippen LogP contribution in [0.5, 0.6) is 0 Å². The van der Waals surface area contributed by atoms with Crippen LogP contribution in [0.3, 0.4) is 0 Å². The van der Waals surface area contributed by atoms with Crippen LogP contribution in [0.15, 0.2) is 35.2 Å². The molecule has 0 atom stereocenters. The SMILES string of the molecule is CC(=O)Nc1ccc(S(=O)(=O)NCC(=O)OCC(=O)c2cc(C)c(C)c(C)c2C)cc1. The van der Waals surface area contributed by atoms with Crippen molar-refractivity contribution in [2.45, 2.75) is 39.5 Å². The van der Waals surface area contributed by atoms with E-state index < -0.39 is 29.1 Å². The number of sulfonamides is 1. The van der Waals surface area contributed by atoms with Gasteiger partial charge in [0.1, 0.15) is 6.54 Å². The number of ether oxygens (including phenoxy) is 1. The molecule has 2 aromatic carbocycles. The van der Waals surface area contributed by atoms with Gasteiger partial charge >= 0.3 is 5.97 Å². The third kappa shape index (κ3) is 6.22. The van der Waals surface area contributed by atoms with E-state index in [4.69, 9.17) is 4.74 Å². The number of esters is 1. The Morgan fingerprint density at radius 3 is 2.13 bits per heavy atom. The van der Waals surface area contributed by atoms with Crippen LogP contribution < -0.4 is 10.0 Å². The maximum Gasteiger partial charge on any atom is 0.321 e. The number of hydrogen-bond donors (Lipinski definition) is 2. The summed E-state index contributed by atoms with van der Waals surface area (Å²) in [5, 5.41) is 2.53. The highest BCUT2D eigenvalue weighted by atomic mass is 32.2. The van der Waals surface area contributed by atoms with Gasteiger partial charge in [0.05, 0.1) is 4.90 Å². The highest BCUT2D eigenvalue weighted by molar-refractivity contribution is 7.89. The summed E-state index contributed by atoms with van der Waals surface area (Å²) in [6.45, 7) is 7.89. The van der Waals surface area contributed by atoms with Crippen LogP contribution in [0.2, 0.25) is 0 Å². The number of benzene rings is 2. The van der Waals surface area contributed by atoms with Gasteiger partial charge in [-0.15, -0.1) is 0 Å².